The number of nitrogens with zero attached hydrogens (tertiary/aromatic N) is 3. The first-order valence-electron chi connectivity index (χ1n) is 11.7. The highest BCUT2D eigenvalue weighted by molar-refractivity contribution is 7.99. The van der Waals surface area contributed by atoms with Gasteiger partial charge in [0.15, 0.2) is 11.0 Å². The number of carbonyl (C=O) groups excluding carboxylic acids is 3. The molecule has 3 aromatic rings. The van der Waals surface area contributed by atoms with Gasteiger partial charge in [-0.25, -0.2) is 4.79 Å². The number of aliphatic hydroxyl groups is 1. The molecule has 1 atom stereocenters. The summed E-state index contributed by atoms with van der Waals surface area (Å²) in [5.74, 6) is -0.991. The van der Waals surface area contributed by atoms with Crippen LogP contribution in [0.1, 0.15) is 46.4 Å². The largest absolute Gasteiger partial charge is 0.459 e. The number of rotatable bonds is 12. The number of aliphatic hydroxyl groups excluding tert-OH is 1. The van der Waals surface area contributed by atoms with Gasteiger partial charge in [-0.05, 0) is 44.2 Å². The summed E-state index contributed by atoms with van der Waals surface area (Å²) in [6, 6.07) is 12.2. The number of ether oxygens (including phenoxy) is 1. The lowest BCUT2D eigenvalue weighted by molar-refractivity contribution is -0.113. The highest BCUT2D eigenvalue weighted by Gasteiger charge is 2.24. The number of thioether (sulfide) groups is 1. The van der Waals surface area contributed by atoms with E-state index >= 15 is 0 Å². The van der Waals surface area contributed by atoms with Crippen LogP contribution in [0.4, 0.5) is 5.69 Å². The van der Waals surface area contributed by atoms with Crippen molar-refractivity contribution in [2.24, 2.45) is 0 Å². The molecule has 1 heterocycles. The average Bonchev–Trinajstić information content (AvgIpc) is 3.28. The number of halogens is 1. The first-order chi connectivity index (χ1) is 18.2. The number of allylic oxidation sites excluding steroid dienone is 1. The number of anilines is 1. The van der Waals surface area contributed by atoms with Gasteiger partial charge in [-0.15, -0.1) is 16.8 Å². The van der Waals surface area contributed by atoms with E-state index in [1.807, 2.05) is 0 Å². The Kier molecular flexibility index (Phi) is 10.5. The second-order valence-electron chi connectivity index (χ2n) is 8.30. The number of hydrogen-bond acceptors (Lipinski definition) is 8. The van der Waals surface area contributed by atoms with Crippen molar-refractivity contribution >= 4 is 46.8 Å². The molecule has 0 radical (unpaired) electrons. The molecule has 1 aromatic heterocycles. The van der Waals surface area contributed by atoms with Crippen LogP contribution in [0.3, 0.4) is 0 Å². The number of esters is 1. The van der Waals surface area contributed by atoms with Crippen molar-refractivity contribution in [1.29, 1.82) is 0 Å². The van der Waals surface area contributed by atoms with E-state index in [0.717, 1.165) is 11.8 Å². The summed E-state index contributed by atoms with van der Waals surface area (Å²) >= 11 is 7.24. The lowest BCUT2D eigenvalue weighted by Gasteiger charge is -2.17. The first kappa shape index (κ1) is 28.9. The van der Waals surface area contributed by atoms with Crippen LogP contribution in [0.5, 0.6) is 0 Å². The molecule has 0 saturated carbocycles. The van der Waals surface area contributed by atoms with Crippen LogP contribution in [0.25, 0.3) is 0 Å². The third kappa shape index (κ3) is 7.67. The third-order valence-corrected chi connectivity index (χ3v) is 6.33. The SMILES string of the molecule is C=CCn1c(SCC(=O)Nc2cccc(C(=O)OC(C)C)c2)nnc1C(CO)NC(=O)c1ccccc1Cl. The lowest BCUT2D eigenvalue weighted by atomic mass is 10.2. The third-order valence-electron chi connectivity index (χ3n) is 5.03. The lowest BCUT2D eigenvalue weighted by Crippen LogP contribution is -2.33. The summed E-state index contributed by atoms with van der Waals surface area (Å²) < 4.78 is 6.85. The zero-order valence-electron chi connectivity index (χ0n) is 20.9. The summed E-state index contributed by atoms with van der Waals surface area (Å²) in [7, 11) is 0. The molecule has 3 N–H and O–H groups in total. The summed E-state index contributed by atoms with van der Waals surface area (Å²) in [5, 5.41) is 24.4. The van der Waals surface area contributed by atoms with E-state index in [1.54, 1.807) is 73.0 Å². The van der Waals surface area contributed by atoms with Crippen molar-refractivity contribution in [3.05, 3.63) is 83.2 Å². The van der Waals surface area contributed by atoms with Gasteiger partial charge in [0.05, 0.1) is 34.6 Å². The van der Waals surface area contributed by atoms with E-state index in [-0.39, 0.29) is 34.9 Å². The van der Waals surface area contributed by atoms with E-state index in [9.17, 15) is 19.5 Å². The van der Waals surface area contributed by atoms with Crippen LogP contribution in [0, 0.1) is 0 Å². The van der Waals surface area contributed by atoms with E-state index in [2.05, 4.69) is 27.4 Å². The smallest absolute Gasteiger partial charge is 0.338 e. The molecular formula is C26H28ClN5O5S. The second kappa shape index (κ2) is 13.8. The van der Waals surface area contributed by atoms with Crippen LogP contribution < -0.4 is 10.6 Å². The van der Waals surface area contributed by atoms with E-state index in [4.69, 9.17) is 16.3 Å². The summed E-state index contributed by atoms with van der Waals surface area (Å²) in [6.07, 6.45) is 1.35. The number of aromatic nitrogens is 3. The van der Waals surface area contributed by atoms with Gasteiger partial charge in [0, 0.05) is 12.2 Å². The van der Waals surface area contributed by atoms with E-state index in [1.165, 1.54) is 0 Å². The predicted octanol–water partition coefficient (Wildman–Crippen LogP) is 3.88. The Morgan fingerprint density at radius 2 is 1.95 bits per heavy atom. The van der Waals surface area contributed by atoms with Crippen LogP contribution in [-0.4, -0.2) is 56.1 Å². The molecule has 0 fully saturated rings. The monoisotopic (exact) mass is 557 g/mol. The molecule has 2 amide bonds. The van der Waals surface area contributed by atoms with Gasteiger partial charge in [0.25, 0.3) is 5.91 Å². The van der Waals surface area contributed by atoms with Gasteiger partial charge in [-0.2, -0.15) is 0 Å². The van der Waals surface area contributed by atoms with Crippen molar-refractivity contribution in [2.75, 3.05) is 17.7 Å². The maximum atomic E-state index is 12.7. The molecule has 0 bridgehead atoms. The number of amides is 2. The molecular weight excluding hydrogens is 530 g/mol. The number of carbonyl (C=O) groups is 3. The summed E-state index contributed by atoms with van der Waals surface area (Å²) in [5.41, 5.74) is 1.04. The maximum Gasteiger partial charge on any atom is 0.338 e. The first-order valence-corrected chi connectivity index (χ1v) is 13.0. The highest BCUT2D eigenvalue weighted by atomic mass is 35.5. The Hall–Kier alpha value is -3.67. The van der Waals surface area contributed by atoms with Crippen molar-refractivity contribution in [3.8, 4) is 0 Å². The Bertz CT molecular complexity index is 1310. The topological polar surface area (TPSA) is 135 Å². The van der Waals surface area contributed by atoms with Gasteiger partial charge < -0.3 is 25.0 Å². The fraction of sp³-hybridized carbons (Fsp3) is 0.269. The molecule has 1 unspecified atom stereocenters. The molecule has 3 rings (SSSR count). The Morgan fingerprint density at radius 1 is 1.18 bits per heavy atom. The minimum atomic E-state index is -0.872. The zero-order chi connectivity index (χ0) is 27.7. The van der Waals surface area contributed by atoms with Gasteiger partial charge in [0.2, 0.25) is 5.91 Å². The molecule has 0 aliphatic heterocycles. The van der Waals surface area contributed by atoms with Gasteiger partial charge in [0.1, 0.15) is 6.04 Å². The molecule has 0 aliphatic carbocycles. The van der Waals surface area contributed by atoms with Gasteiger partial charge in [-0.3, -0.25) is 9.59 Å². The number of hydrogen-bond donors (Lipinski definition) is 3. The molecule has 0 aliphatic rings. The molecule has 10 nitrogen and oxygen atoms in total. The number of benzene rings is 2. The maximum absolute atomic E-state index is 12.7. The van der Waals surface area contributed by atoms with Crippen molar-refractivity contribution in [2.45, 2.75) is 37.7 Å². The Labute approximate surface area is 229 Å². The van der Waals surface area contributed by atoms with Crippen LogP contribution >= 0.6 is 23.4 Å². The van der Waals surface area contributed by atoms with E-state index < -0.39 is 24.5 Å². The highest BCUT2D eigenvalue weighted by Crippen LogP contribution is 2.23. The molecule has 0 saturated heterocycles. The minimum Gasteiger partial charge on any atom is -0.459 e. The quantitative estimate of drug-likeness (QED) is 0.173. The molecule has 2 aromatic carbocycles. The minimum absolute atomic E-state index is 0.00822. The standard InChI is InChI=1S/C26H28ClN5O5S/c1-4-12-32-23(21(14-33)29-24(35)19-10-5-6-11-20(19)27)30-31-26(32)38-15-22(34)28-18-9-7-8-17(13-18)25(36)37-16(2)3/h4-11,13,16,21,33H,1,12,14-15H2,2-3H3,(H,28,34)(H,29,35). The fourth-order valence-electron chi connectivity index (χ4n) is 3.37. The summed E-state index contributed by atoms with van der Waals surface area (Å²) in [4.78, 5) is 37.5. The average molecular weight is 558 g/mol. The van der Waals surface area contributed by atoms with Gasteiger partial charge in [-0.1, -0.05) is 47.6 Å². The summed E-state index contributed by atoms with van der Waals surface area (Å²) in [6.45, 7) is 7.10. The van der Waals surface area contributed by atoms with Crippen LogP contribution in [0.2, 0.25) is 5.02 Å². The number of nitrogens with one attached hydrogen (secondary N) is 2. The van der Waals surface area contributed by atoms with Crippen LogP contribution in [-0.2, 0) is 16.1 Å². The zero-order valence-corrected chi connectivity index (χ0v) is 22.5. The second-order valence-corrected chi connectivity index (χ2v) is 9.65. The molecule has 200 valence electrons. The van der Waals surface area contributed by atoms with Crippen molar-refractivity contribution in [3.63, 3.8) is 0 Å². The van der Waals surface area contributed by atoms with Crippen molar-refractivity contribution < 1.29 is 24.2 Å². The molecule has 38 heavy (non-hydrogen) atoms. The molecule has 0 spiro atoms. The fourth-order valence-corrected chi connectivity index (χ4v) is 4.35. The molecule has 12 heteroatoms. The Balaban J connectivity index is 1.68. The predicted molar refractivity (Wildman–Crippen MR) is 145 cm³/mol. The van der Waals surface area contributed by atoms with Crippen molar-refractivity contribution in [1.82, 2.24) is 20.1 Å². The Morgan fingerprint density at radius 3 is 2.63 bits per heavy atom. The van der Waals surface area contributed by atoms with E-state index in [0.29, 0.717) is 22.2 Å². The van der Waals surface area contributed by atoms with Gasteiger partial charge >= 0.3 is 5.97 Å². The van der Waals surface area contributed by atoms with Crippen LogP contribution in [0.15, 0.2) is 66.3 Å². The normalized spacial score (nSPS) is 11.6.